The molecule has 2 aromatic rings. The number of ketones is 1. The lowest BCUT2D eigenvalue weighted by Crippen LogP contribution is -2.35. The number of unbranched alkanes of at least 4 members (excludes halogenated alkanes) is 35. The van der Waals surface area contributed by atoms with Gasteiger partial charge in [0.15, 0.2) is 5.78 Å². The molecule has 9 nitrogen and oxygen atoms in total. The van der Waals surface area contributed by atoms with Crippen molar-refractivity contribution in [2.24, 2.45) is 47.3 Å². The van der Waals surface area contributed by atoms with E-state index in [1.807, 2.05) is 48.5 Å². The zero-order valence-electron chi connectivity index (χ0n) is 66.1. The fourth-order valence-corrected chi connectivity index (χ4v) is 19.1. The molecule has 9 heteroatoms. The highest BCUT2D eigenvalue weighted by molar-refractivity contribution is 6.13. The first kappa shape index (κ1) is 86.3. The molecule has 2 aliphatic heterocycles. The number of imide groups is 2. The number of hydrogen-bond acceptors (Lipinski definition) is 6. The first-order valence-electron chi connectivity index (χ1n) is 44.2. The normalized spacial score (nSPS) is 20.6. The van der Waals surface area contributed by atoms with Gasteiger partial charge in [0.2, 0.25) is 0 Å². The van der Waals surface area contributed by atoms with Crippen molar-refractivity contribution >= 4 is 35.3 Å². The molecule has 2 aromatic carbocycles. The van der Waals surface area contributed by atoms with Gasteiger partial charge in [0.25, 0.3) is 29.5 Å². The molecule has 0 radical (unpaired) electrons. The van der Waals surface area contributed by atoms with Crippen molar-refractivity contribution in [3.05, 3.63) is 84.0 Å². The fraction of sp³-hybridized carbons (Fsp3) is 0.763. The molecule has 4 aliphatic rings. The Kier molecular flexibility index (Phi) is 45.7. The second-order valence-electron chi connectivity index (χ2n) is 32.8. The highest BCUT2D eigenvalue weighted by Crippen LogP contribution is 2.50. The van der Waals surface area contributed by atoms with Crippen molar-refractivity contribution < 1.29 is 28.8 Å². The van der Waals surface area contributed by atoms with Gasteiger partial charge in [-0.2, -0.15) is 0 Å². The molecule has 8 unspecified atom stereocenters. The van der Waals surface area contributed by atoms with Crippen LogP contribution in [0.2, 0.25) is 0 Å². The molecule has 8 atom stereocenters. The van der Waals surface area contributed by atoms with Gasteiger partial charge in [-0.15, -0.1) is 0 Å². The van der Waals surface area contributed by atoms with Crippen molar-refractivity contribution in [1.29, 1.82) is 0 Å². The molecule has 102 heavy (non-hydrogen) atoms. The topological polar surface area (TPSA) is 121 Å². The third kappa shape index (κ3) is 32.6. The van der Waals surface area contributed by atoms with Crippen LogP contribution in [0.5, 0.6) is 0 Å². The summed E-state index contributed by atoms with van der Waals surface area (Å²) in [4.78, 5) is 79.1. The molecule has 0 aromatic heterocycles. The maximum absolute atomic E-state index is 14.2. The molecule has 1 N–H and O–H groups in total. The van der Waals surface area contributed by atoms with E-state index in [1.165, 1.54) is 336 Å². The summed E-state index contributed by atoms with van der Waals surface area (Å²) in [7, 11) is 0. The van der Waals surface area contributed by atoms with Crippen LogP contribution in [0.15, 0.2) is 72.8 Å². The van der Waals surface area contributed by atoms with Crippen molar-refractivity contribution in [3.8, 4) is 11.1 Å². The lowest BCUT2D eigenvalue weighted by atomic mass is 9.61. The lowest BCUT2D eigenvalue weighted by Gasteiger charge is -2.44. The van der Waals surface area contributed by atoms with Gasteiger partial charge in [-0.3, -0.25) is 38.6 Å². The van der Waals surface area contributed by atoms with Gasteiger partial charge in [-0.05, 0) is 142 Å². The van der Waals surface area contributed by atoms with E-state index in [-0.39, 0.29) is 35.3 Å². The molecule has 5 amide bonds. The Morgan fingerprint density at radius 3 is 0.931 bits per heavy atom. The maximum Gasteiger partial charge on any atom is 0.253 e. The van der Waals surface area contributed by atoms with E-state index in [1.54, 1.807) is 0 Å². The monoisotopic (exact) mass is 1410 g/mol. The first-order chi connectivity index (χ1) is 50.1. The minimum atomic E-state index is -0.159. The zero-order chi connectivity index (χ0) is 72.5. The number of Topliss-reactive ketones (excluding diaryl/α,β-unsaturated/α-hetero) is 1. The van der Waals surface area contributed by atoms with Gasteiger partial charge >= 0.3 is 0 Å². The molecule has 2 aliphatic carbocycles. The average molecular weight is 1410 g/mol. The molecule has 6 rings (SSSR count). The summed E-state index contributed by atoms with van der Waals surface area (Å²) in [6, 6.07) is 15.9. The van der Waals surface area contributed by atoms with E-state index in [0.29, 0.717) is 31.6 Å². The highest BCUT2D eigenvalue weighted by Gasteiger charge is 2.40. The number of rotatable bonds is 62. The Morgan fingerprint density at radius 2 is 0.578 bits per heavy atom. The highest BCUT2D eigenvalue weighted by atomic mass is 16.2. The number of hydrogen-bond donors (Lipinski definition) is 1. The van der Waals surface area contributed by atoms with Crippen molar-refractivity contribution in [1.82, 2.24) is 15.1 Å². The smallest absolute Gasteiger partial charge is 0.253 e. The summed E-state index contributed by atoms with van der Waals surface area (Å²) < 4.78 is 0. The summed E-state index contributed by atoms with van der Waals surface area (Å²) in [5.74, 6) is 6.44. The van der Waals surface area contributed by atoms with Gasteiger partial charge in [0.05, 0.1) is 0 Å². The molecule has 574 valence electrons. The molecule has 0 spiro atoms. The van der Waals surface area contributed by atoms with Crippen LogP contribution in [0, 0.1) is 47.3 Å². The van der Waals surface area contributed by atoms with Crippen LogP contribution in [0.25, 0.3) is 11.1 Å². The largest absolute Gasteiger partial charge is 0.352 e. The van der Waals surface area contributed by atoms with E-state index >= 15 is 0 Å². The maximum atomic E-state index is 14.2. The SMILES string of the molecule is CCCCCCCCC1C(CCCCCC)CCC(CCCCCCCCN2C(=O)C=CC2=O)C1CCCCCCCCNC(=O)c1ccccc1-c1ccccc1C(=O)CCCCCCCC1C(CCCCCCCCN2C(=O)C=CC2=O)CCC(CCCCCC)C1CCCCCCCC. The number of nitrogens with zero attached hydrogens (tertiary/aromatic N) is 2. The zero-order valence-corrected chi connectivity index (χ0v) is 66.1. The van der Waals surface area contributed by atoms with Crippen molar-refractivity contribution in [2.45, 2.75) is 387 Å². The summed E-state index contributed by atoms with van der Waals surface area (Å²) in [6.07, 6.45) is 77.5. The Balaban J connectivity index is 0.932. The average Bonchev–Trinajstić information content (AvgIpc) is 1.27. The number of carbonyl (C=O) groups excluding carboxylic acids is 6. The van der Waals surface area contributed by atoms with Gasteiger partial charge in [0, 0.05) is 61.5 Å². The number of benzene rings is 2. The molecule has 2 fully saturated rings. The lowest BCUT2D eigenvalue weighted by molar-refractivity contribution is -0.138. The van der Waals surface area contributed by atoms with E-state index < -0.39 is 0 Å². The second kappa shape index (κ2) is 54.0. The van der Waals surface area contributed by atoms with E-state index in [2.05, 4.69) is 33.0 Å². The number of nitrogens with one attached hydrogen (secondary N) is 1. The van der Waals surface area contributed by atoms with Crippen LogP contribution in [0.3, 0.4) is 0 Å². The number of amides is 5. The Morgan fingerprint density at radius 1 is 0.314 bits per heavy atom. The van der Waals surface area contributed by atoms with Crippen LogP contribution in [0.4, 0.5) is 0 Å². The minimum Gasteiger partial charge on any atom is -0.352 e. The van der Waals surface area contributed by atoms with E-state index in [0.717, 1.165) is 115 Å². The Hall–Kier alpha value is -4.66. The molecule has 2 heterocycles. The van der Waals surface area contributed by atoms with Gasteiger partial charge in [-0.1, -0.05) is 346 Å². The van der Waals surface area contributed by atoms with Crippen molar-refractivity contribution in [2.75, 3.05) is 19.6 Å². The predicted octanol–water partition coefficient (Wildman–Crippen LogP) is 26.0. The summed E-state index contributed by atoms with van der Waals surface area (Å²) in [5, 5.41) is 3.29. The van der Waals surface area contributed by atoms with Crippen LogP contribution < -0.4 is 5.32 Å². The van der Waals surface area contributed by atoms with Gasteiger partial charge in [-0.25, -0.2) is 0 Å². The molecule has 0 saturated heterocycles. The van der Waals surface area contributed by atoms with Crippen LogP contribution >= 0.6 is 0 Å². The van der Waals surface area contributed by atoms with E-state index in [9.17, 15) is 28.8 Å². The first-order valence-corrected chi connectivity index (χ1v) is 44.2. The standard InChI is InChI=1S/C93H151N3O6/c1-5-9-13-17-28-40-56-80-76(52-36-15-11-7-3)65-67-78(54-38-26-20-23-34-50-74-95-89(98)69-70-90(95)99)82(80)58-42-30-19-22-33-49-73-94-93(102)87-63-48-46-61-85(87)84-60-45-47-62-86(84)88(97)64-44-32-25-31-43-59-83-79(55-39-27-21-24-35-51-75-96-91(100)71-72-92(96)101)68-66-77(53-37-16-12-8-4)81(83)57-41-29-18-14-10-6-2/h45-48,60-63,69-72,76-83H,5-44,49-59,64-68,73-75H2,1-4H3,(H,94,102). The molecule has 0 bridgehead atoms. The minimum absolute atomic E-state index is 0.0529. The van der Waals surface area contributed by atoms with E-state index in [4.69, 9.17) is 0 Å². The predicted molar refractivity (Wildman–Crippen MR) is 429 cm³/mol. The molecular weight excluding hydrogens is 1260 g/mol. The Labute approximate surface area is 625 Å². The third-order valence-electron chi connectivity index (χ3n) is 25.1. The molecular formula is C93H151N3O6. The van der Waals surface area contributed by atoms with Gasteiger partial charge < -0.3 is 5.32 Å². The van der Waals surface area contributed by atoms with Crippen LogP contribution in [-0.2, 0) is 19.2 Å². The Bertz CT molecular complexity index is 2640. The molecule has 2 saturated carbocycles. The number of carbonyl (C=O) groups is 6. The summed E-state index contributed by atoms with van der Waals surface area (Å²) in [6.45, 7) is 11.1. The van der Waals surface area contributed by atoms with Gasteiger partial charge in [0.1, 0.15) is 0 Å². The second-order valence-corrected chi connectivity index (χ2v) is 32.8. The third-order valence-corrected chi connectivity index (χ3v) is 25.1. The fourth-order valence-electron chi connectivity index (χ4n) is 19.1. The summed E-state index contributed by atoms with van der Waals surface area (Å²) >= 11 is 0. The van der Waals surface area contributed by atoms with Crippen molar-refractivity contribution in [3.63, 3.8) is 0 Å². The summed E-state index contributed by atoms with van der Waals surface area (Å²) in [5.41, 5.74) is 3.08. The van der Waals surface area contributed by atoms with Crippen LogP contribution in [0.1, 0.15) is 408 Å². The quantitative estimate of drug-likeness (QED) is 0.0400. The van der Waals surface area contributed by atoms with Crippen LogP contribution in [-0.4, -0.2) is 64.8 Å².